The van der Waals surface area contributed by atoms with Crippen LogP contribution in [0.5, 0.6) is 5.75 Å². The smallest absolute Gasteiger partial charge is 0.416 e. The largest absolute Gasteiger partial charge is 0.472 e. The van der Waals surface area contributed by atoms with Gasteiger partial charge in [-0.25, -0.2) is 0 Å². The van der Waals surface area contributed by atoms with Crippen LogP contribution in [0.25, 0.3) is 0 Å². The van der Waals surface area contributed by atoms with Gasteiger partial charge in [0.25, 0.3) is 5.91 Å². The van der Waals surface area contributed by atoms with Crippen LogP contribution >= 0.6 is 11.6 Å². The second-order valence-corrected chi connectivity index (χ2v) is 4.12. The van der Waals surface area contributed by atoms with Crippen LogP contribution in [0.2, 0.25) is 0 Å². The average molecular weight is 280 g/mol. The number of benzene rings is 1. The van der Waals surface area contributed by atoms with Crippen molar-refractivity contribution in [2.24, 2.45) is 0 Å². The Morgan fingerprint density at radius 2 is 2.11 bits per heavy atom. The van der Waals surface area contributed by atoms with Crippen molar-refractivity contribution in [3.8, 4) is 5.75 Å². The molecule has 0 N–H and O–H groups in total. The molecule has 0 unspecified atom stereocenters. The van der Waals surface area contributed by atoms with Gasteiger partial charge < -0.3 is 9.64 Å². The predicted molar refractivity (Wildman–Crippen MR) is 58.7 cm³/mol. The molecule has 0 atom stereocenters. The van der Waals surface area contributed by atoms with Gasteiger partial charge in [0.1, 0.15) is 5.75 Å². The summed E-state index contributed by atoms with van der Waals surface area (Å²) in [5.41, 5.74) is -0.709. The number of fused-ring (bicyclic) bond motifs is 1. The number of nitrogens with zero attached hydrogens (tertiary/aromatic N) is 1. The topological polar surface area (TPSA) is 29.5 Å². The molecule has 18 heavy (non-hydrogen) atoms. The maximum Gasteiger partial charge on any atom is 0.416 e. The Morgan fingerprint density at radius 3 is 2.72 bits per heavy atom. The molecule has 1 aliphatic rings. The number of hydrogen-bond donors (Lipinski definition) is 0. The van der Waals surface area contributed by atoms with Gasteiger partial charge in [0.05, 0.1) is 11.1 Å². The second-order valence-electron chi connectivity index (χ2n) is 3.74. The molecule has 7 heteroatoms. The molecule has 98 valence electrons. The number of halogens is 4. The zero-order valence-corrected chi connectivity index (χ0v) is 9.88. The summed E-state index contributed by atoms with van der Waals surface area (Å²) in [6.07, 6.45) is -4.45. The van der Waals surface area contributed by atoms with Gasteiger partial charge in [-0.1, -0.05) is 0 Å². The van der Waals surface area contributed by atoms with Crippen LogP contribution in [0, 0.1) is 0 Å². The lowest BCUT2D eigenvalue weighted by Crippen LogP contribution is -2.39. The first-order valence-electron chi connectivity index (χ1n) is 5.13. The lowest BCUT2D eigenvalue weighted by atomic mass is 10.1. The van der Waals surface area contributed by atoms with Gasteiger partial charge in [0, 0.05) is 12.4 Å². The van der Waals surface area contributed by atoms with Crippen molar-refractivity contribution < 1.29 is 22.7 Å². The molecule has 0 saturated heterocycles. The van der Waals surface area contributed by atoms with E-state index in [0.29, 0.717) is 6.54 Å². The Hall–Kier alpha value is -1.43. The van der Waals surface area contributed by atoms with Crippen molar-refractivity contribution >= 4 is 17.5 Å². The van der Waals surface area contributed by atoms with Gasteiger partial charge in [-0.15, -0.1) is 11.6 Å². The Balaban J connectivity index is 2.32. The highest BCUT2D eigenvalue weighted by atomic mass is 35.5. The molecule has 1 aromatic carbocycles. The van der Waals surface area contributed by atoms with Gasteiger partial charge in [0.15, 0.2) is 6.73 Å². The van der Waals surface area contributed by atoms with Gasteiger partial charge in [-0.05, 0) is 18.2 Å². The molecule has 0 fully saturated rings. The van der Waals surface area contributed by atoms with E-state index in [1.165, 1.54) is 4.90 Å². The maximum absolute atomic E-state index is 12.5. The maximum atomic E-state index is 12.5. The minimum absolute atomic E-state index is 0.0411. The van der Waals surface area contributed by atoms with E-state index < -0.39 is 11.7 Å². The van der Waals surface area contributed by atoms with Gasteiger partial charge >= 0.3 is 6.18 Å². The first-order valence-corrected chi connectivity index (χ1v) is 5.66. The molecule has 0 aliphatic carbocycles. The SMILES string of the molecule is O=C1c2ccc(C(F)(F)F)cc2OCN1CCCl. The number of rotatable bonds is 2. The predicted octanol–water partition coefficient (Wildman–Crippen LogP) is 2.74. The number of alkyl halides is 4. The Bertz CT molecular complexity index is 476. The monoisotopic (exact) mass is 279 g/mol. The average Bonchev–Trinajstić information content (AvgIpc) is 2.31. The quantitative estimate of drug-likeness (QED) is 0.779. The van der Waals surface area contributed by atoms with Crippen LogP contribution in [0.1, 0.15) is 15.9 Å². The van der Waals surface area contributed by atoms with E-state index in [1.54, 1.807) is 0 Å². The zero-order chi connectivity index (χ0) is 13.3. The van der Waals surface area contributed by atoms with Crippen LogP contribution < -0.4 is 4.74 Å². The van der Waals surface area contributed by atoms with Gasteiger partial charge in [0.2, 0.25) is 0 Å². The minimum atomic E-state index is -4.45. The Labute approximate surface area is 106 Å². The first kappa shape index (κ1) is 13.0. The molecule has 0 aromatic heterocycles. The van der Waals surface area contributed by atoms with Crippen molar-refractivity contribution in [3.63, 3.8) is 0 Å². The number of hydrogen-bond acceptors (Lipinski definition) is 2. The lowest BCUT2D eigenvalue weighted by Gasteiger charge is -2.28. The summed E-state index contributed by atoms with van der Waals surface area (Å²) in [6, 6.07) is 2.83. The molecule has 2 rings (SSSR count). The summed E-state index contributed by atoms with van der Waals surface area (Å²) < 4.78 is 42.6. The molecule has 0 saturated carbocycles. The van der Waals surface area contributed by atoms with Crippen LogP contribution in [-0.4, -0.2) is 30.0 Å². The molecule has 0 bridgehead atoms. The summed E-state index contributed by atoms with van der Waals surface area (Å²) >= 11 is 5.51. The van der Waals surface area contributed by atoms with Gasteiger partial charge in [-0.2, -0.15) is 13.2 Å². The fraction of sp³-hybridized carbons (Fsp3) is 0.364. The first-order chi connectivity index (χ1) is 8.43. The number of ether oxygens (including phenoxy) is 1. The molecule has 3 nitrogen and oxygen atoms in total. The van der Waals surface area contributed by atoms with Crippen LogP contribution in [0.4, 0.5) is 13.2 Å². The molecule has 1 aromatic rings. The molecule has 1 aliphatic heterocycles. The van der Waals surface area contributed by atoms with E-state index in [4.69, 9.17) is 16.3 Å². The van der Waals surface area contributed by atoms with Crippen molar-refractivity contribution in [1.29, 1.82) is 0 Å². The molecule has 0 radical (unpaired) electrons. The minimum Gasteiger partial charge on any atom is -0.472 e. The Morgan fingerprint density at radius 1 is 1.39 bits per heavy atom. The van der Waals surface area contributed by atoms with E-state index in [9.17, 15) is 18.0 Å². The third-order valence-electron chi connectivity index (χ3n) is 2.56. The van der Waals surface area contributed by atoms with Crippen molar-refractivity contribution in [2.45, 2.75) is 6.18 Å². The molecular formula is C11H9ClF3NO2. The molecule has 1 heterocycles. The van der Waals surface area contributed by atoms with E-state index in [-0.39, 0.29) is 29.8 Å². The summed E-state index contributed by atoms with van der Waals surface area (Å²) in [5, 5.41) is 0. The molecule has 1 amide bonds. The van der Waals surface area contributed by atoms with E-state index >= 15 is 0 Å². The summed E-state index contributed by atoms with van der Waals surface area (Å²) in [5.74, 6) is -0.170. The summed E-state index contributed by atoms with van der Waals surface area (Å²) in [4.78, 5) is 13.2. The van der Waals surface area contributed by atoms with E-state index in [1.807, 2.05) is 0 Å². The highest BCUT2D eigenvalue weighted by molar-refractivity contribution is 6.18. The summed E-state index contributed by atoms with van der Waals surface area (Å²) in [7, 11) is 0. The standard InChI is InChI=1S/C11H9ClF3NO2/c12-3-4-16-6-18-9-5-7(11(13,14)15)1-2-8(9)10(16)17/h1-2,5H,3-4,6H2. The van der Waals surface area contributed by atoms with Crippen molar-refractivity contribution in [2.75, 3.05) is 19.2 Å². The van der Waals surface area contributed by atoms with Crippen LogP contribution in [0.15, 0.2) is 18.2 Å². The zero-order valence-electron chi connectivity index (χ0n) is 9.13. The fourth-order valence-electron chi connectivity index (χ4n) is 1.64. The van der Waals surface area contributed by atoms with Gasteiger partial charge in [-0.3, -0.25) is 4.79 Å². The third-order valence-corrected chi connectivity index (χ3v) is 2.73. The molecule has 0 spiro atoms. The van der Waals surface area contributed by atoms with E-state index in [0.717, 1.165) is 18.2 Å². The number of carbonyl (C=O) groups excluding carboxylic acids is 1. The van der Waals surface area contributed by atoms with Crippen LogP contribution in [0.3, 0.4) is 0 Å². The fourth-order valence-corrected chi connectivity index (χ4v) is 1.84. The van der Waals surface area contributed by atoms with Crippen molar-refractivity contribution in [3.05, 3.63) is 29.3 Å². The van der Waals surface area contributed by atoms with Crippen LogP contribution in [-0.2, 0) is 6.18 Å². The van der Waals surface area contributed by atoms with E-state index in [2.05, 4.69) is 0 Å². The Kier molecular flexibility index (Phi) is 3.38. The lowest BCUT2D eigenvalue weighted by molar-refractivity contribution is -0.137. The molecular weight excluding hydrogens is 271 g/mol. The summed E-state index contributed by atoms with van der Waals surface area (Å²) in [6.45, 7) is 0.209. The number of carbonyl (C=O) groups is 1. The normalized spacial score (nSPS) is 15.3. The third kappa shape index (κ3) is 2.38. The highest BCUT2D eigenvalue weighted by Gasteiger charge is 2.33. The number of amides is 1. The second kappa shape index (κ2) is 4.68. The highest BCUT2D eigenvalue weighted by Crippen LogP contribution is 2.34. The van der Waals surface area contributed by atoms with Crippen molar-refractivity contribution in [1.82, 2.24) is 4.90 Å².